The van der Waals surface area contributed by atoms with Gasteiger partial charge in [-0.15, -0.1) is 0 Å². The van der Waals surface area contributed by atoms with Gasteiger partial charge in [-0.2, -0.15) is 0 Å². The molecule has 0 aromatic heterocycles. The number of esters is 6. The van der Waals surface area contributed by atoms with Crippen molar-refractivity contribution in [2.24, 2.45) is 34.5 Å². The molecule has 1 spiro atoms. The van der Waals surface area contributed by atoms with Gasteiger partial charge >= 0.3 is 35.8 Å². The van der Waals surface area contributed by atoms with Crippen LogP contribution in [0.3, 0.4) is 0 Å². The van der Waals surface area contributed by atoms with E-state index in [0.717, 1.165) is 21.0 Å². The Bertz CT molecular complexity index is 1540. The van der Waals surface area contributed by atoms with E-state index in [9.17, 15) is 33.6 Å². The van der Waals surface area contributed by atoms with E-state index in [-0.39, 0.29) is 31.1 Å². The maximum absolute atomic E-state index is 14.1. The van der Waals surface area contributed by atoms with Crippen LogP contribution in [0.25, 0.3) is 0 Å². The number of ketones is 1. The van der Waals surface area contributed by atoms with Gasteiger partial charge in [-0.05, 0) is 43.1 Å². The lowest BCUT2D eigenvalue weighted by atomic mass is 9.38. The van der Waals surface area contributed by atoms with Crippen LogP contribution in [0.15, 0.2) is 23.0 Å². The molecule has 2 aliphatic heterocycles. The zero-order chi connectivity index (χ0) is 35.7. The Kier molecular flexibility index (Phi) is 8.90. The first-order valence-electron chi connectivity index (χ1n) is 15.9. The molecule has 0 radical (unpaired) electrons. The number of carbonyl (C=O) groups is 7. The van der Waals surface area contributed by atoms with E-state index in [1.807, 2.05) is 13.8 Å². The first-order valence-corrected chi connectivity index (χ1v) is 15.9. The summed E-state index contributed by atoms with van der Waals surface area (Å²) in [6.07, 6.45) is -4.80. The smallest absolute Gasteiger partial charge is 0.348 e. The Morgan fingerprint density at radius 2 is 1.58 bits per heavy atom. The fourth-order valence-corrected chi connectivity index (χ4v) is 9.23. The van der Waals surface area contributed by atoms with Crippen molar-refractivity contribution >= 4 is 41.6 Å². The van der Waals surface area contributed by atoms with Crippen LogP contribution in [0.4, 0.5) is 0 Å². The molecular formula is C34H42O14. The number of rotatable bonds is 7. The Morgan fingerprint density at radius 3 is 2.15 bits per heavy atom. The molecule has 0 unspecified atom stereocenters. The van der Waals surface area contributed by atoms with Crippen molar-refractivity contribution in [3.63, 3.8) is 0 Å². The van der Waals surface area contributed by atoms with Crippen LogP contribution in [0.2, 0.25) is 0 Å². The van der Waals surface area contributed by atoms with E-state index in [4.69, 9.17) is 33.2 Å². The molecule has 2 saturated carbocycles. The number of hydrogen-bond acceptors (Lipinski definition) is 14. The van der Waals surface area contributed by atoms with Gasteiger partial charge in [-0.3, -0.25) is 19.2 Å². The minimum absolute atomic E-state index is 0.0242. The minimum atomic E-state index is -2.30. The van der Waals surface area contributed by atoms with Crippen LogP contribution >= 0.6 is 0 Å². The molecule has 3 aliphatic carbocycles. The average molecular weight is 675 g/mol. The molecule has 14 nitrogen and oxygen atoms in total. The summed E-state index contributed by atoms with van der Waals surface area (Å²) < 4.78 is 40.7. The molecule has 5 aliphatic rings. The summed E-state index contributed by atoms with van der Waals surface area (Å²) in [4.78, 5) is 92.7. The molecule has 5 rings (SSSR count). The largest absolute Gasteiger partial charge is 0.467 e. The van der Waals surface area contributed by atoms with Gasteiger partial charge in [0, 0.05) is 44.6 Å². The first-order chi connectivity index (χ1) is 22.4. The molecule has 10 atom stereocenters. The fourth-order valence-electron chi connectivity index (χ4n) is 9.23. The molecule has 2 heterocycles. The Hall–Kier alpha value is -4.07. The molecule has 48 heavy (non-hydrogen) atoms. The Morgan fingerprint density at radius 1 is 0.938 bits per heavy atom. The minimum Gasteiger partial charge on any atom is -0.467 e. The number of allylic oxidation sites excluding steroid dienone is 3. The standard InChI is InChI=1S/C34H42O14/c1-14(2)15(3)10-23(39)48-26-28-33-13-43-34(28,31(41)42-9)29(46-19(7)37)25(45-18(6)36)27(33)32(8)12-21(38)24(44-17(5)35)16(4)20(32)11-22(33)47-30(26)40/h10,14,20,22,25-29H,11-13H2,1-9H3/b15-10+/t20-,22+,25+,26+,27+,28+,29-,32-,33+,34+/m0/s1. The van der Waals surface area contributed by atoms with Crippen LogP contribution in [0, 0.1) is 34.5 Å². The van der Waals surface area contributed by atoms with Crippen molar-refractivity contribution < 1.29 is 66.7 Å². The molecule has 2 bridgehead atoms. The summed E-state index contributed by atoms with van der Waals surface area (Å²) in [5.41, 5.74) is -3.78. The second kappa shape index (κ2) is 12.1. The molecule has 0 amide bonds. The number of ether oxygens (including phenoxy) is 7. The van der Waals surface area contributed by atoms with E-state index in [1.54, 1.807) is 20.8 Å². The summed E-state index contributed by atoms with van der Waals surface area (Å²) >= 11 is 0. The van der Waals surface area contributed by atoms with Gasteiger partial charge in [0.1, 0.15) is 12.2 Å². The average Bonchev–Trinajstić information content (AvgIpc) is 3.27. The zero-order valence-corrected chi connectivity index (χ0v) is 28.5. The van der Waals surface area contributed by atoms with Gasteiger partial charge in [0.25, 0.3) is 0 Å². The highest BCUT2D eigenvalue weighted by Crippen LogP contribution is 2.73. The SMILES string of the molecule is COC(=O)[C@]12OC[C@]34[C@H]([C@@H](OC(C)=O)[C@@H]1OC(C)=O)[C@@]1(C)CC(=O)C(OC(C)=O)=C(C)[C@@H]1C[C@H]3OC(=O)[C@H](OC(=O)/C=C(\C)C(C)C)[C@@H]24. The predicted molar refractivity (Wildman–Crippen MR) is 160 cm³/mol. The first kappa shape index (κ1) is 35.2. The Labute approximate surface area is 277 Å². The lowest BCUT2D eigenvalue weighted by Crippen LogP contribution is -2.80. The van der Waals surface area contributed by atoms with Crippen LogP contribution < -0.4 is 0 Å². The van der Waals surface area contributed by atoms with Crippen LogP contribution in [0.5, 0.6) is 0 Å². The van der Waals surface area contributed by atoms with Gasteiger partial charge in [0.05, 0.1) is 19.6 Å². The lowest BCUT2D eigenvalue weighted by molar-refractivity contribution is -0.294. The summed E-state index contributed by atoms with van der Waals surface area (Å²) in [6.45, 7) is 12.0. The zero-order valence-electron chi connectivity index (χ0n) is 28.5. The van der Waals surface area contributed by atoms with Gasteiger partial charge in [0.2, 0.25) is 11.7 Å². The van der Waals surface area contributed by atoms with Crippen molar-refractivity contribution in [2.75, 3.05) is 13.7 Å². The molecule has 4 fully saturated rings. The maximum Gasteiger partial charge on any atom is 0.348 e. The highest BCUT2D eigenvalue weighted by Gasteiger charge is 2.86. The molecule has 0 aromatic rings. The highest BCUT2D eigenvalue weighted by molar-refractivity contribution is 5.98. The van der Waals surface area contributed by atoms with E-state index >= 15 is 0 Å². The molecule has 262 valence electrons. The van der Waals surface area contributed by atoms with Gasteiger partial charge in [-0.1, -0.05) is 26.3 Å². The van der Waals surface area contributed by atoms with E-state index < -0.39 is 100 Å². The summed E-state index contributed by atoms with van der Waals surface area (Å²) in [5, 5.41) is 0. The molecule has 2 saturated heterocycles. The number of carbonyl (C=O) groups excluding carboxylic acids is 7. The van der Waals surface area contributed by atoms with Gasteiger partial charge in [0.15, 0.2) is 17.6 Å². The van der Waals surface area contributed by atoms with Crippen molar-refractivity contribution in [3.8, 4) is 0 Å². The summed E-state index contributed by atoms with van der Waals surface area (Å²) in [5.74, 6) is -8.82. The van der Waals surface area contributed by atoms with Gasteiger partial charge in [-0.25, -0.2) is 14.4 Å². The number of fused-ring (bicyclic) bond motifs is 2. The molecule has 14 heteroatoms. The maximum atomic E-state index is 14.1. The van der Waals surface area contributed by atoms with E-state index in [0.29, 0.717) is 11.1 Å². The third-order valence-electron chi connectivity index (χ3n) is 11.1. The number of Topliss-reactive ketones (excluding diaryl/α,β-unsaturated/α-hetero) is 1. The summed E-state index contributed by atoms with van der Waals surface area (Å²) in [7, 11) is 1.08. The highest BCUT2D eigenvalue weighted by atomic mass is 16.6. The van der Waals surface area contributed by atoms with Crippen LogP contribution in [-0.2, 0) is 66.7 Å². The molecular weight excluding hydrogens is 632 g/mol. The fraction of sp³-hybridized carbons (Fsp3) is 0.676. The van der Waals surface area contributed by atoms with Crippen molar-refractivity contribution in [3.05, 3.63) is 23.0 Å². The second-order valence-corrected chi connectivity index (χ2v) is 14.1. The third kappa shape index (κ3) is 5.05. The topological polar surface area (TPSA) is 184 Å². The van der Waals surface area contributed by atoms with Crippen LogP contribution in [0.1, 0.15) is 68.2 Å². The molecule has 0 aromatic carbocycles. The monoisotopic (exact) mass is 674 g/mol. The van der Waals surface area contributed by atoms with Crippen LogP contribution in [-0.4, -0.2) is 85.3 Å². The normalized spacial score (nSPS) is 38.3. The summed E-state index contributed by atoms with van der Waals surface area (Å²) in [6, 6.07) is 0. The van der Waals surface area contributed by atoms with Gasteiger partial charge < -0.3 is 33.2 Å². The van der Waals surface area contributed by atoms with Crippen molar-refractivity contribution in [1.82, 2.24) is 0 Å². The van der Waals surface area contributed by atoms with E-state index in [2.05, 4.69) is 0 Å². The lowest BCUT2D eigenvalue weighted by Gasteiger charge is -2.67. The predicted octanol–water partition coefficient (Wildman–Crippen LogP) is 2.30. The quantitative estimate of drug-likeness (QED) is 0.218. The third-order valence-corrected chi connectivity index (χ3v) is 11.1. The van der Waals surface area contributed by atoms with Crippen molar-refractivity contribution in [2.45, 2.75) is 98.2 Å². The van der Waals surface area contributed by atoms with Crippen molar-refractivity contribution in [1.29, 1.82) is 0 Å². The Balaban J connectivity index is 1.81. The molecule has 0 N–H and O–H groups in total. The number of methoxy groups -OCH3 is 1. The second-order valence-electron chi connectivity index (χ2n) is 14.1. The number of hydrogen-bond donors (Lipinski definition) is 0. The van der Waals surface area contributed by atoms with E-state index in [1.165, 1.54) is 13.0 Å².